The predicted molar refractivity (Wildman–Crippen MR) is 98.0 cm³/mol. The van der Waals surface area contributed by atoms with Crippen LogP contribution in [0.2, 0.25) is 0 Å². The molecular formula is C17H20N2O4S2. The molecule has 0 aliphatic rings. The Morgan fingerprint density at radius 3 is 2.96 bits per heavy atom. The normalized spacial score (nSPS) is 10.3. The number of rotatable bonds is 9. The number of esters is 1. The van der Waals surface area contributed by atoms with Crippen molar-refractivity contribution in [1.29, 1.82) is 0 Å². The molecule has 1 aromatic carbocycles. The van der Waals surface area contributed by atoms with Crippen molar-refractivity contribution in [2.24, 2.45) is 0 Å². The lowest BCUT2D eigenvalue weighted by Gasteiger charge is -2.06. The summed E-state index contributed by atoms with van der Waals surface area (Å²) in [6.07, 6.45) is 0.160. The van der Waals surface area contributed by atoms with E-state index in [-0.39, 0.29) is 24.1 Å². The Bertz CT molecular complexity index is 718. The smallest absolute Gasteiger partial charge is 0.311 e. The van der Waals surface area contributed by atoms with Gasteiger partial charge in [-0.15, -0.1) is 11.3 Å². The number of carbonyl (C=O) groups is 2. The van der Waals surface area contributed by atoms with Gasteiger partial charge in [0.2, 0.25) is 5.91 Å². The van der Waals surface area contributed by atoms with Crippen molar-refractivity contribution >= 4 is 35.0 Å². The van der Waals surface area contributed by atoms with Crippen LogP contribution in [0.3, 0.4) is 0 Å². The van der Waals surface area contributed by atoms with Crippen LogP contribution in [0.4, 0.5) is 0 Å². The number of thiazole rings is 1. The highest BCUT2D eigenvalue weighted by atomic mass is 32.2. The molecule has 0 atom stereocenters. The molecule has 1 aromatic heterocycles. The van der Waals surface area contributed by atoms with Gasteiger partial charge in [-0.05, 0) is 24.6 Å². The van der Waals surface area contributed by atoms with Gasteiger partial charge in [0.1, 0.15) is 5.75 Å². The highest BCUT2D eigenvalue weighted by molar-refractivity contribution is 8.01. The number of benzene rings is 1. The maximum atomic E-state index is 12.0. The summed E-state index contributed by atoms with van der Waals surface area (Å²) in [4.78, 5) is 27.7. The molecule has 0 saturated carbocycles. The lowest BCUT2D eigenvalue weighted by atomic mass is 10.2. The van der Waals surface area contributed by atoms with Crippen molar-refractivity contribution in [2.75, 3.05) is 19.5 Å². The monoisotopic (exact) mass is 380 g/mol. The average molecular weight is 380 g/mol. The van der Waals surface area contributed by atoms with E-state index in [0.717, 1.165) is 15.7 Å². The zero-order valence-corrected chi connectivity index (χ0v) is 15.7. The summed E-state index contributed by atoms with van der Waals surface area (Å²) in [5, 5.41) is 4.68. The molecule has 0 spiro atoms. The highest BCUT2D eigenvalue weighted by Gasteiger charge is 2.10. The Labute approximate surface area is 154 Å². The Balaban J connectivity index is 1.74. The molecule has 8 heteroatoms. The van der Waals surface area contributed by atoms with Gasteiger partial charge >= 0.3 is 5.97 Å². The molecule has 0 saturated heterocycles. The molecule has 1 N–H and O–H groups in total. The Kier molecular flexibility index (Phi) is 7.75. The number of amides is 1. The molecule has 134 valence electrons. The van der Waals surface area contributed by atoms with E-state index in [1.54, 1.807) is 14.0 Å². The first kappa shape index (κ1) is 19.3. The van der Waals surface area contributed by atoms with E-state index in [0.29, 0.717) is 18.8 Å². The third-order valence-corrected chi connectivity index (χ3v) is 5.18. The van der Waals surface area contributed by atoms with Gasteiger partial charge in [-0.1, -0.05) is 23.9 Å². The molecule has 2 aromatic rings. The average Bonchev–Trinajstić information content (AvgIpc) is 3.06. The maximum absolute atomic E-state index is 12.0. The zero-order chi connectivity index (χ0) is 18.1. The summed E-state index contributed by atoms with van der Waals surface area (Å²) in [6.45, 7) is 2.57. The number of thioether (sulfide) groups is 1. The van der Waals surface area contributed by atoms with Crippen LogP contribution in [0.15, 0.2) is 34.0 Å². The molecule has 0 fully saturated rings. The van der Waals surface area contributed by atoms with E-state index in [9.17, 15) is 9.59 Å². The minimum absolute atomic E-state index is 0.0741. The fraction of sp³-hybridized carbons (Fsp3) is 0.353. The number of nitrogens with zero attached hydrogens (tertiary/aromatic N) is 1. The number of hydrogen-bond acceptors (Lipinski definition) is 7. The largest absolute Gasteiger partial charge is 0.497 e. The number of nitrogens with one attached hydrogen (secondary N) is 1. The van der Waals surface area contributed by atoms with Crippen molar-refractivity contribution in [3.63, 3.8) is 0 Å². The van der Waals surface area contributed by atoms with E-state index in [4.69, 9.17) is 9.47 Å². The van der Waals surface area contributed by atoms with Crippen molar-refractivity contribution < 1.29 is 19.1 Å². The Hall–Kier alpha value is -2.06. The van der Waals surface area contributed by atoms with Crippen LogP contribution in [0.1, 0.15) is 18.2 Å². The van der Waals surface area contributed by atoms with Gasteiger partial charge in [0.25, 0.3) is 0 Å². The summed E-state index contributed by atoms with van der Waals surface area (Å²) in [6, 6.07) is 7.56. The van der Waals surface area contributed by atoms with Gasteiger partial charge in [0, 0.05) is 11.9 Å². The van der Waals surface area contributed by atoms with Crippen LogP contribution >= 0.6 is 23.1 Å². The third-order valence-electron chi connectivity index (χ3n) is 3.11. The lowest BCUT2D eigenvalue weighted by Crippen LogP contribution is -2.24. The first-order valence-electron chi connectivity index (χ1n) is 7.73. The molecule has 25 heavy (non-hydrogen) atoms. The van der Waals surface area contributed by atoms with E-state index < -0.39 is 0 Å². The number of carbonyl (C=O) groups excluding carboxylic acids is 2. The number of hydrogen-bond donors (Lipinski definition) is 1. The molecular weight excluding hydrogens is 360 g/mol. The van der Waals surface area contributed by atoms with Crippen LogP contribution in [0.25, 0.3) is 0 Å². The molecule has 6 nitrogen and oxygen atoms in total. The number of methoxy groups -OCH3 is 1. The van der Waals surface area contributed by atoms with Crippen molar-refractivity contribution in [2.45, 2.75) is 24.2 Å². The molecule has 0 radical (unpaired) electrons. The van der Waals surface area contributed by atoms with Crippen LogP contribution in [0, 0.1) is 0 Å². The molecule has 1 heterocycles. The van der Waals surface area contributed by atoms with Crippen LogP contribution in [-0.2, 0) is 27.3 Å². The Morgan fingerprint density at radius 1 is 1.36 bits per heavy atom. The fourth-order valence-electron chi connectivity index (χ4n) is 1.96. The highest BCUT2D eigenvalue weighted by Crippen LogP contribution is 2.23. The van der Waals surface area contributed by atoms with Gasteiger partial charge in [-0.3, -0.25) is 9.59 Å². The summed E-state index contributed by atoms with van der Waals surface area (Å²) in [7, 11) is 1.61. The summed E-state index contributed by atoms with van der Waals surface area (Å²) in [5.41, 5.74) is 1.64. The first-order valence-corrected chi connectivity index (χ1v) is 9.59. The summed E-state index contributed by atoms with van der Waals surface area (Å²) >= 11 is 2.77. The molecule has 0 aliphatic heterocycles. The van der Waals surface area contributed by atoms with Crippen LogP contribution < -0.4 is 10.1 Å². The Morgan fingerprint density at radius 2 is 2.20 bits per heavy atom. The van der Waals surface area contributed by atoms with Gasteiger partial charge in [-0.25, -0.2) is 4.98 Å². The topological polar surface area (TPSA) is 77.5 Å². The van der Waals surface area contributed by atoms with Gasteiger partial charge in [-0.2, -0.15) is 0 Å². The third kappa shape index (κ3) is 6.75. The van der Waals surface area contributed by atoms with Crippen molar-refractivity contribution in [3.8, 4) is 5.75 Å². The molecule has 0 unspecified atom stereocenters. The quantitative estimate of drug-likeness (QED) is 0.532. The molecule has 0 aliphatic carbocycles. The van der Waals surface area contributed by atoms with Gasteiger partial charge in [0.05, 0.1) is 31.6 Å². The van der Waals surface area contributed by atoms with Gasteiger partial charge < -0.3 is 14.8 Å². The minimum Gasteiger partial charge on any atom is -0.497 e. The second-order valence-electron chi connectivity index (χ2n) is 5.00. The number of aromatic nitrogens is 1. The second kappa shape index (κ2) is 10.0. The summed E-state index contributed by atoms with van der Waals surface area (Å²) < 4.78 is 10.8. The molecule has 2 rings (SSSR count). The van der Waals surface area contributed by atoms with Crippen molar-refractivity contribution in [3.05, 3.63) is 40.9 Å². The first-order chi connectivity index (χ1) is 12.1. The summed E-state index contributed by atoms with van der Waals surface area (Å²) in [5.74, 6) is 0.671. The molecule has 1 amide bonds. The number of ether oxygens (including phenoxy) is 2. The van der Waals surface area contributed by atoms with Gasteiger partial charge in [0.15, 0.2) is 4.34 Å². The zero-order valence-electron chi connectivity index (χ0n) is 14.1. The van der Waals surface area contributed by atoms with E-state index >= 15 is 0 Å². The van der Waals surface area contributed by atoms with E-state index in [1.807, 2.05) is 29.6 Å². The standard InChI is InChI=1S/C17H20N2O4S2/c1-3-23-16(21)8-13-10-24-17(19-13)25-11-15(20)18-9-12-5-4-6-14(7-12)22-2/h4-7,10H,3,8-9,11H2,1-2H3,(H,18,20). The molecule has 0 bridgehead atoms. The lowest BCUT2D eigenvalue weighted by molar-refractivity contribution is -0.142. The van der Waals surface area contributed by atoms with Crippen molar-refractivity contribution in [1.82, 2.24) is 10.3 Å². The van der Waals surface area contributed by atoms with E-state index in [2.05, 4.69) is 10.3 Å². The minimum atomic E-state index is -0.291. The fourth-order valence-corrected chi connectivity index (χ4v) is 3.63. The predicted octanol–water partition coefficient (Wildman–Crippen LogP) is 2.67. The maximum Gasteiger partial charge on any atom is 0.311 e. The second-order valence-corrected chi connectivity index (χ2v) is 7.08. The van der Waals surface area contributed by atoms with Crippen LogP contribution in [-0.4, -0.2) is 36.3 Å². The van der Waals surface area contributed by atoms with Crippen LogP contribution in [0.5, 0.6) is 5.75 Å². The van der Waals surface area contributed by atoms with E-state index in [1.165, 1.54) is 23.1 Å². The SMILES string of the molecule is CCOC(=O)Cc1csc(SCC(=O)NCc2cccc(OC)c2)n1.